The molecule has 2 unspecified atom stereocenters. The van der Waals surface area contributed by atoms with Crippen molar-refractivity contribution in [3.63, 3.8) is 0 Å². The molecule has 0 aromatic heterocycles. The summed E-state index contributed by atoms with van der Waals surface area (Å²) in [6.07, 6.45) is 0.867. The van der Waals surface area contributed by atoms with E-state index in [1.807, 2.05) is 30.3 Å². The molecule has 0 amide bonds. The molecule has 104 valence electrons. The van der Waals surface area contributed by atoms with Gasteiger partial charge in [0.15, 0.2) is 0 Å². The summed E-state index contributed by atoms with van der Waals surface area (Å²) in [4.78, 5) is 0. The summed E-state index contributed by atoms with van der Waals surface area (Å²) in [6, 6.07) is 13.2. The molecule has 2 atom stereocenters. The number of aliphatic hydroxyl groups is 2. The highest BCUT2D eigenvalue weighted by molar-refractivity contribution is 6.08. The summed E-state index contributed by atoms with van der Waals surface area (Å²) >= 11 is 0. The van der Waals surface area contributed by atoms with E-state index >= 15 is 0 Å². The van der Waals surface area contributed by atoms with E-state index in [4.69, 9.17) is 0 Å². The first-order valence-corrected chi connectivity index (χ1v) is 6.85. The summed E-state index contributed by atoms with van der Waals surface area (Å²) in [5.74, 6) is -0.351. The van der Waals surface area contributed by atoms with Crippen molar-refractivity contribution in [3.8, 4) is 0 Å². The Labute approximate surface area is 120 Å². The first-order valence-electron chi connectivity index (χ1n) is 6.85. The Bertz CT molecular complexity index is 898. The molecule has 2 nitrogen and oxygen atoms in total. The van der Waals surface area contributed by atoms with Gasteiger partial charge in [-0.2, -0.15) is 0 Å². The molecule has 0 saturated carbocycles. The number of rotatable bonds is 0. The molecule has 3 aromatic carbocycles. The van der Waals surface area contributed by atoms with Crippen LogP contribution in [0.4, 0.5) is 4.39 Å². The Kier molecular flexibility index (Phi) is 2.61. The third-order valence-electron chi connectivity index (χ3n) is 4.16. The van der Waals surface area contributed by atoms with Crippen LogP contribution in [0.5, 0.6) is 0 Å². The zero-order chi connectivity index (χ0) is 14.6. The van der Waals surface area contributed by atoms with Gasteiger partial charge in [0.1, 0.15) is 18.0 Å². The first kappa shape index (κ1) is 12.5. The van der Waals surface area contributed by atoms with Crippen LogP contribution >= 0.6 is 0 Å². The van der Waals surface area contributed by atoms with Gasteiger partial charge in [-0.3, -0.25) is 0 Å². The molecular formula is C18H13FO2. The predicted octanol–water partition coefficient (Wildman–Crippen LogP) is 3.55. The van der Waals surface area contributed by atoms with Crippen LogP contribution in [-0.2, 0) is 0 Å². The minimum absolute atomic E-state index is 0.351. The number of fused-ring (bicyclic) bond motifs is 4. The van der Waals surface area contributed by atoms with Gasteiger partial charge >= 0.3 is 0 Å². The minimum Gasteiger partial charge on any atom is -0.386 e. The van der Waals surface area contributed by atoms with Crippen molar-refractivity contribution in [1.82, 2.24) is 0 Å². The highest BCUT2D eigenvalue weighted by atomic mass is 19.1. The minimum atomic E-state index is -1.09. The topological polar surface area (TPSA) is 40.5 Å². The van der Waals surface area contributed by atoms with Crippen LogP contribution in [-0.4, -0.2) is 16.3 Å². The van der Waals surface area contributed by atoms with Gasteiger partial charge in [-0.25, -0.2) is 4.39 Å². The zero-order valence-corrected chi connectivity index (χ0v) is 11.1. The maximum Gasteiger partial charge on any atom is 0.138 e. The standard InChI is InChI=1S/C18H13FO2/c19-17-12-6-5-10-3-1-2-4-11(10)14(12)9-15-13(17)7-8-16(20)18(15)21/h1-9,16,18,20-21H. The van der Waals surface area contributed by atoms with Crippen molar-refractivity contribution in [2.24, 2.45) is 0 Å². The molecule has 4 rings (SSSR count). The molecule has 0 heterocycles. The molecule has 0 fully saturated rings. The molecule has 2 N–H and O–H groups in total. The van der Waals surface area contributed by atoms with Crippen molar-refractivity contribution in [2.75, 3.05) is 0 Å². The SMILES string of the molecule is OC1C=Cc2c(cc3c(ccc4ccccc43)c2F)C1O. The average molecular weight is 280 g/mol. The van der Waals surface area contributed by atoms with Crippen LogP contribution in [0.1, 0.15) is 17.2 Å². The normalized spacial score (nSPS) is 20.9. The Morgan fingerprint density at radius 1 is 0.905 bits per heavy atom. The molecule has 1 aliphatic rings. The van der Waals surface area contributed by atoms with Gasteiger partial charge in [-0.05, 0) is 27.8 Å². The fourth-order valence-corrected chi connectivity index (χ4v) is 3.05. The molecule has 21 heavy (non-hydrogen) atoms. The van der Waals surface area contributed by atoms with Crippen LogP contribution < -0.4 is 0 Å². The van der Waals surface area contributed by atoms with E-state index in [2.05, 4.69) is 0 Å². The molecule has 0 aliphatic heterocycles. The fourth-order valence-electron chi connectivity index (χ4n) is 3.05. The van der Waals surface area contributed by atoms with E-state index < -0.39 is 12.2 Å². The van der Waals surface area contributed by atoms with Crippen LogP contribution in [0.25, 0.3) is 27.6 Å². The number of aliphatic hydroxyl groups excluding tert-OH is 2. The molecule has 3 aromatic rings. The summed E-state index contributed by atoms with van der Waals surface area (Å²) in [5.41, 5.74) is 0.793. The van der Waals surface area contributed by atoms with Crippen molar-refractivity contribution < 1.29 is 14.6 Å². The quantitative estimate of drug-likeness (QED) is 0.618. The number of halogens is 1. The smallest absolute Gasteiger partial charge is 0.138 e. The molecular weight excluding hydrogens is 267 g/mol. The van der Waals surface area contributed by atoms with Crippen LogP contribution in [0, 0.1) is 5.82 Å². The second kappa shape index (κ2) is 4.38. The summed E-state index contributed by atoms with van der Waals surface area (Å²) in [5, 5.41) is 23.1. The summed E-state index contributed by atoms with van der Waals surface area (Å²) in [7, 11) is 0. The lowest BCUT2D eigenvalue weighted by Gasteiger charge is -2.23. The third-order valence-corrected chi connectivity index (χ3v) is 4.16. The Morgan fingerprint density at radius 2 is 1.71 bits per heavy atom. The van der Waals surface area contributed by atoms with E-state index in [1.54, 1.807) is 12.1 Å². The van der Waals surface area contributed by atoms with Gasteiger partial charge in [0.2, 0.25) is 0 Å². The van der Waals surface area contributed by atoms with E-state index in [-0.39, 0.29) is 5.82 Å². The molecule has 0 spiro atoms. The van der Waals surface area contributed by atoms with Crippen molar-refractivity contribution in [1.29, 1.82) is 0 Å². The van der Waals surface area contributed by atoms with Crippen molar-refractivity contribution in [2.45, 2.75) is 12.2 Å². The lowest BCUT2D eigenvalue weighted by atomic mass is 9.88. The lowest BCUT2D eigenvalue weighted by Crippen LogP contribution is -2.20. The maximum atomic E-state index is 14.7. The lowest BCUT2D eigenvalue weighted by molar-refractivity contribution is 0.0468. The van der Waals surface area contributed by atoms with Gasteiger partial charge in [0.25, 0.3) is 0 Å². The first-order chi connectivity index (χ1) is 10.2. The average Bonchev–Trinajstić information content (AvgIpc) is 2.51. The van der Waals surface area contributed by atoms with Crippen molar-refractivity contribution in [3.05, 3.63) is 65.5 Å². The van der Waals surface area contributed by atoms with E-state index in [0.29, 0.717) is 16.5 Å². The van der Waals surface area contributed by atoms with Gasteiger partial charge in [0, 0.05) is 10.9 Å². The monoisotopic (exact) mass is 280 g/mol. The zero-order valence-electron chi connectivity index (χ0n) is 11.1. The largest absolute Gasteiger partial charge is 0.386 e. The fraction of sp³-hybridized carbons (Fsp3) is 0.111. The molecule has 3 heteroatoms. The van der Waals surface area contributed by atoms with Crippen molar-refractivity contribution >= 4 is 27.6 Å². The predicted molar refractivity (Wildman–Crippen MR) is 81.4 cm³/mol. The Balaban J connectivity index is 2.17. The van der Waals surface area contributed by atoms with Crippen LogP contribution in [0.15, 0.2) is 48.5 Å². The van der Waals surface area contributed by atoms with Gasteiger partial charge < -0.3 is 10.2 Å². The van der Waals surface area contributed by atoms with Gasteiger partial charge in [0.05, 0.1) is 0 Å². The van der Waals surface area contributed by atoms with Crippen LogP contribution in [0.2, 0.25) is 0 Å². The highest BCUT2D eigenvalue weighted by Gasteiger charge is 2.26. The molecule has 0 saturated heterocycles. The number of hydrogen-bond acceptors (Lipinski definition) is 2. The maximum absolute atomic E-state index is 14.7. The number of benzene rings is 3. The van der Waals surface area contributed by atoms with Gasteiger partial charge in [-0.1, -0.05) is 48.6 Å². The number of hydrogen-bond donors (Lipinski definition) is 2. The summed E-state index contributed by atoms with van der Waals surface area (Å²) < 4.78 is 14.7. The second-order valence-corrected chi connectivity index (χ2v) is 5.37. The highest BCUT2D eigenvalue weighted by Crippen LogP contribution is 2.36. The molecule has 0 radical (unpaired) electrons. The van der Waals surface area contributed by atoms with E-state index in [0.717, 1.165) is 16.2 Å². The van der Waals surface area contributed by atoms with E-state index in [1.165, 1.54) is 12.2 Å². The molecule has 1 aliphatic carbocycles. The second-order valence-electron chi connectivity index (χ2n) is 5.37. The van der Waals surface area contributed by atoms with Crippen LogP contribution in [0.3, 0.4) is 0 Å². The molecule has 0 bridgehead atoms. The Hall–Kier alpha value is -2.23. The Morgan fingerprint density at radius 3 is 2.57 bits per heavy atom. The van der Waals surface area contributed by atoms with E-state index in [9.17, 15) is 14.6 Å². The van der Waals surface area contributed by atoms with Gasteiger partial charge in [-0.15, -0.1) is 0 Å². The third kappa shape index (κ3) is 1.71. The summed E-state index contributed by atoms with van der Waals surface area (Å²) in [6.45, 7) is 0.